The minimum Gasteiger partial charge on any atom is -0.368 e. The number of aryl methyl sites for hydroxylation is 2. The van der Waals surface area contributed by atoms with E-state index in [2.05, 4.69) is 54.3 Å². The highest BCUT2D eigenvalue weighted by atomic mass is 16.5. The zero-order valence-electron chi connectivity index (χ0n) is 13.0. The van der Waals surface area contributed by atoms with E-state index in [1.54, 1.807) is 0 Å². The molecule has 1 saturated heterocycles. The molecule has 1 aliphatic rings. The minimum absolute atomic E-state index is 0.267. The minimum atomic E-state index is -0.267. The molecule has 3 rings (SSSR count). The van der Waals surface area contributed by atoms with Crippen molar-refractivity contribution < 1.29 is 4.74 Å². The van der Waals surface area contributed by atoms with Crippen LogP contribution in [-0.2, 0) is 23.9 Å². The molecule has 0 amide bonds. The Morgan fingerprint density at radius 1 is 1.29 bits per heavy atom. The lowest BCUT2D eigenvalue weighted by Gasteiger charge is -2.40. The second-order valence-corrected chi connectivity index (χ2v) is 6.18. The SMILES string of the molecule is Cc1ccc(CN2CCO[C@@](C)(c3cnn(C)c3)C2)cc1. The molecule has 0 N–H and O–H groups in total. The fourth-order valence-electron chi connectivity index (χ4n) is 2.91. The second-order valence-electron chi connectivity index (χ2n) is 6.18. The fraction of sp³-hybridized carbons (Fsp3) is 0.471. The molecule has 21 heavy (non-hydrogen) atoms. The van der Waals surface area contributed by atoms with Crippen LogP contribution < -0.4 is 0 Å². The number of rotatable bonds is 3. The molecule has 2 aromatic rings. The average molecular weight is 285 g/mol. The summed E-state index contributed by atoms with van der Waals surface area (Å²) < 4.78 is 7.89. The summed E-state index contributed by atoms with van der Waals surface area (Å²) in [4.78, 5) is 2.46. The number of nitrogens with zero attached hydrogens (tertiary/aromatic N) is 3. The van der Waals surface area contributed by atoms with Gasteiger partial charge in [-0.05, 0) is 19.4 Å². The molecule has 1 fully saturated rings. The van der Waals surface area contributed by atoms with E-state index in [0.717, 1.165) is 31.8 Å². The van der Waals surface area contributed by atoms with E-state index in [1.165, 1.54) is 11.1 Å². The summed E-state index contributed by atoms with van der Waals surface area (Å²) in [6, 6.07) is 8.78. The van der Waals surface area contributed by atoms with Gasteiger partial charge in [-0.1, -0.05) is 29.8 Å². The van der Waals surface area contributed by atoms with Crippen LogP contribution in [0.25, 0.3) is 0 Å². The van der Waals surface area contributed by atoms with Gasteiger partial charge in [-0.2, -0.15) is 5.10 Å². The van der Waals surface area contributed by atoms with Crippen LogP contribution in [0.15, 0.2) is 36.7 Å². The highest BCUT2D eigenvalue weighted by Gasteiger charge is 2.34. The molecule has 0 saturated carbocycles. The smallest absolute Gasteiger partial charge is 0.106 e. The Kier molecular flexibility index (Phi) is 3.83. The Hall–Kier alpha value is -1.65. The molecule has 112 valence electrons. The van der Waals surface area contributed by atoms with Crippen LogP contribution in [0.3, 0.4) is 0 Å². The Bertz CT molecular complexity index is 605. The van der Waals surface area contributed by atoms with Crippen LogP contribution in [0.1, 0.15) is 23.6 Å². The van der Waals surface area contributed by atoms with Gasteiger partial charge in [0.1, 0.15) is 5.60 Å². The molecule has 0 spiro atoms. The van der Waals surface area contributed by atoms with Crippen LogP contribution in [-0.4, -0.2) is 34.4 Å². The lowest BCUT2D eigenvalue weighted by molar-refractivity contribution is -0.105. The van der Waals surface area contributed by atoms with Crippen LogP contribution in [0.5, 0.6) is 0 Å². The lowest BCUT2D eigenvalue weighted by Crippen LogP contribution is -2.47. The number of aromatic nitrogens is 2. The van der Waals surface area contributed by atoms with Crippen molar-refractivity contribution in [2.75, 3.05) is 19.7 Å². The second kappa shape index (κ2) is 5.62. The summed E-state index contributed by atoms with van der Waals surface area (Å²) in [6.07, 6.45) is 3.96. The maximum atomic E-state index is 6.06. The van der Waals surface area contributed by atoms with Crippen molar-refractivity contribution in [2.24, 2.45) is 7.05 Å². The molecule has 1 atom stereocenters. The molecule has 4 heteroatoms. The van der Waals surface area contributed by atoms with Gasteiger partial charge < -0.3 is 4.74 Å². The standard InChI is InChI=1S/C17H23N3O/c1-14-4-6-15(7-5-14)11-20-8-9-21-17(2,13-20)16-10-18-19(3)12-16/h4-7,10,12H,8-9,11,13H2,1-3H3/t17-/m1/s1. The van der Waals surface area contributed by atoms with E-state index in [4.69, 9.17) is 4.74 Å². The molecule has 1 aromatic carbocycles. The molecule has 1 aromatic heterocycles. The summed E-state index contributed by atoms with van der Waals surface area (Å²) in [5, 5.41) is 4.27. The first-order valence-electron chi connectivity index (χ1n) is 7.46. The number of hydrogen-bond donors (Lipinski definition) is 0. The van der Waals surface area contributed by atoms with Crippen molar-refractivity contribution >= 4 is 0 Å². The van der Waals surface area contributed by atoms with Crippen LogP contribution in [0.2, 0.25) is 0 Å². The largest absolute Gasteiger partial charge is 0.368 e. The van der Waals surface area contributed by atoms with Gasteiger partial charge >= 0.3 is 0 Å². The lowest BCUT2D eigenvalue weighted by atomic mass is 9.96. The zero-order valence-corrected chi connectivity index (χ0v) is 13.0. The number of morpholine rings is 1. The van der Waals surface area contributed by atoms with E-state index < -0.39 is 0 Å². The molecule has 0 radical (unpaired) electrons. The van der Waals surface area contributed by atoms with Crippen molar-refractivity contribution in [3.63, 3.8) is 0 Å². The summed E-state index contributed by atoms with van der Waals surface area (Å²) in [7, 11) is 1.94. The predicted octanol–water partition coefficient (Wildman–Crippen LogP) is 2.48. The molecule has 0 aliphatic carbocycles. The highest BCUT2D eigenvalue weighted by Crippen LogP contribution is 2.29. The number of hydrogen-bond acceptors (Lipinski definition) is 3. The number of ether oxygens (including phenoxy) is 1. The van der Waals surface area contributed by atoms with E-state index in [0.29, 0.717) is 0 Å². The maximum Gasteiger partial charge on any atom is 0.106 e. The topological polar surface area (TPSA) is 30.3 Å². The molecule has 0 unspecified atom stereocenters. The monoisotopic (exact) mass is 285 g/mol. The van der Waals surface area contributed by atoms with Gasteiger partial charge in [-0.15, -0.1) is 0 Å². The van der Waals surface area contributed by atoms with E-state index in [1.807, 2.05) is 17.9 Å². The van der Waals surface area contributed by atoms with Crippen molar-refractivity contribution in [3.05, 3.63) is 53.3 Å². The molecule has 2 heterocycles. The van der Waals surface area contributed by atoms with E-state index in [-0.39, 0.29) is 5.60 Å². The molecule has 4 nitrogen and oxygen atoms in total. The van der Waals surface area contributed by atoms with Gasteiger partial charge in [0.05, 0.1) is 12.8 Å². The Labute approximate surface area is 126 Å². The fourth-order valence-corrected chi connectivity index (χ4v) is 2.91. The molecular formula is C17H23N3O. The summed E-state index contributed by atoms with van der Waals surface area (Å²) in [6.45, 7) is 7.89. The van der Waals surface area contributed by atoms with E-state index in [9.17, 15) is 0 Å². The van der Waals surface area contributed by atoms with Gasteiger partial charge in [0, 0.05) is 38.4 Å². The first-order chi connectivity index (χ1) is 10.0. The first-order valence-corrected chi connectivity index (χ1v) is 7.46. The van der Waals surface area contributed by atoms with Crippen LogP contribution in [0, 0.1) is 6.92 Å². The third kappa shape index (κ3) is 3.17. The van der Waals surface area contributed by atoms with Crippen LogP contribution in [0.4, 0.5) is 0 Å². The van der Waals surface area contributed by atoms with Crippen molar-refractivity contribution in [3.8, 4) is 0 Å². The molecular weight excluding hydrogens is 262 g/mol. The van der Waals surface area contributed by atoms with Gasteiger partial charge in [-0.3, -0.25) is 9.58 Å². The third-order valence-corrected chi connectivity index (χ3v) is 4.20. The zero-order chi connectivity index (χ0) is 14.9. The number of benzene rings is 1. The Morgan fingerprint density at radius 2 is 2.05 bits per heavy atom. The Morgan fingerprint density at radius 3 is 2.71 bits per heavy atom. The van der Waals surface area contributed by atoms with Gasteiger partial charge in [0.15, 0.2) is 0 Å². The Balaban J connectivity index is 1.72. The average Bonchev–Trinajstić information content (AvgIpc) is 2.89. The maximum absolute atomic E-state index is 6.06. The normalized spacial score (nSPS) is 23.4. The molecule has 1 aliphatic heterocycles. The van der Waals surface area contributed by atoms with Crippen molar-refractivity contribution in [1.29, 1.82) is 0 Å². The van der Waals surface area contributed by atoms with Crippen molar-refractivity contribution in [1.82, 2.24) is 14.7 Å². The van der Waals surface area contributed by atoms with Crippen molar-refractivity contribution in [2.45, 2.75) is 26.0 Å². The van der Waals surface area contributed by atoms with Gasteiger partial charge in [-0.25, -0.2) is 0 Å². The van der Waals surface area contributed by atoms with Crippen LogP contribution >= 0.6 is 0 Å². The van der Waals surface area contributed by atoms with E-state index >= 15 is 0 Å². The highest BCUT2D eigenvalue weighted by molar-refractivity contribution is 5.22. The van der Waals surface area contributed by atoms with Gasteiger partial charge in [0.25, 0.3) is 0 Å². The summed E-state index contributed by atoms with van der Waals surface area (Å²) in [5.74, 6) is 0. The van der Waals surface area contributed by atoms with Gasteiger partial charge in [0.2, 0.25) is 0 Å². The quantitative estimate of drug-likeness (QED) is 0.868. The first kappa shape index (κ1) is 14.3. The summed E-state index contributed by atoms with van der Waals surface area (Å²) >= 11 is 0. The summed E-state index contributed by atoms with van der Waals surface area (Å²) in [5.41, 5.74) is 3.55. The molecule has 0 bridgehead atoms. The predicted molar refractivity (Wildman–Crippen MR) is 83.0 cm³/mol. The third-order valence-electron chi connectivity index (χ3n) is 4.20.